The van der Waals surface area contributed by atoms with Gasteiger partial charge in [0, 0.05) is 25.4 Å². The monoisotopic (exact) mass is 279 g/mol. The van der Waals surface area contributed by atoms with E-state index in [1.165, 1.54) is 0 Å². The molecule has 0 spiro atoms. The zero-order valence-corrected chi connectivity index (χ0v) is 13.2. The van der Waals surface area contributed by atoms with Crippen LogP contribution in [0.25, 0.3) is 0 Å². The second-order valence-electron chi connectivity index (χ2n) is 5.71. The van der Waals surface area contributed by atoms with E-state index in [1.807, 2.05) is 32.8 Å². The molecule has 0 unspecified atom stereocenters. The standard InChI is InChI=1S/C14H25N5O/c1-8(2)7-11(12(15)20)17-13-9(3)10(4)16-14(18-13)19(5)6/h8,11H,7H2,1-6H3,(H2,15,20)(H,16,17,18)/t11-/m0/s1. The fourth-order valence-corrected chi connectivity index (χ4v) is 1.84. The van der Waals surface area contributed by atoms with E-state index in [-0.39, 0.29) is 5.91 Å². The van der Waals surface area contributed by atoms with Crippen LogP contribution in [-0.4, -0.2) is 36.0 Å². The van der Waals surface area contributed by atoms with Crippen LogP contribution in [0.4, 0.5) is 11.8 Å². The van der Waals surface area contributed by atoms with E-state index >= 15 is 0 Å². The van der Waals surface area contributed by atoms with E-state index in [2.05, 4.69) is 29.1 Å². The summed E-state index contributed by atoms with van der Waals surface area (Å²) < 4.78 is 0. The number of carbonyl (C=O) groups excluding carboxylic acids is 1. The Morgan fingerprint density at radius 1 is 1.30 bits per heavy atom. The molecule has 0 saturated heterocycles. The first-order valence-corrected chi connectivity index (χ1v) is 6.80. The Kier molecular flexibility index (Phi) is 5.30. The summed E-state index contributed by atoms with van der Waals surface area (Å²) in [7, 11) is 3.77. The van der Waals surface area contributed by atoms with Gasteiger partial charge in [-0.2, -0.15) is 4.98 Å². The Morgan fingerprint density at radius 2 is 1.90 bits per heavy atom. The van der Waals surface area contributed by atoms with E-state index < -0.39 is 6.04 Å². The van der Waals surface area contributed by atoms with Crippen LogP contribution in [0.1, 0.15) is 31.5 Å². The third kappa shape index (κ3) is 4.08. The highest BCUT2D eigenvalue weighted by Crippen LogP contribution is 2.20. The molecule has 0 fully saturated rings. The highest BCUT2D eigenvalue weighted by Gasteiger charge is 2.19. The molecule has 6 nitrogen and oxygen atoms in total. The summed E-state index contributed by atoms with van der Waals surface area (Å²) in [5, 5.41) is 3.16. The normalized spacial score (nSPS) is 12.3. The summed E-state index contributed by atoms with van der Waals surface area (Å²) in [5.74, 6) is 1.30. The van der Waals surface area contributed by atoms with Crippen molar-refractivity contribution in [3.8, 4) is 0 Å². The van der Waals surface area contributed by atoms with Gasteiger partial charge in [0.1, 0.15) is 11.9 Å². The molecule has 0 aromatic carbocycles. The van der Waals surface area contributed by atoms with Gasteiger partial charge in [-0.05, 0) is 26.2 Å². The third-order valence-corrected chi connectivity index (χ3v) is 3.14. The lowest BCUT2D eigenvalue weighted by molar-refractivity contribution is -0.119. The van der Waals surface area contributed by atoms with Gasteiger partial charge in [0.15, 0.2) is 0 Å². The number of hydrogen-bond donors (Lipinski definition) is 2. The highest BCUT2D eigenvalue weighted by atomic mass is 16.1. The summed E-state index contributed by atoms with van der Waals surface area (Å²) in [6.45, 7) is 7.98. The number of aromatic nitrogens is 2. The van der Waals surface area contributed by atoms with E-state index in [9.17, 15) is 4.79 Å². The van der Waals surface area contributed by atoms with Gasteiger partial charge in [0.2, 0.25) is 11.9 Å². The molecule has 112 valence electrons. The van der Waals surface area contributed by atoms with Crippen LogP contribution in [0.2, 0.25) is 0 Å². The average molecular weight is 279 g/mol. The van der Waals surface area contributed by atoms with Gasteiger partial charge < -0.3 is 16.0 Å². The lowest BCUT2D eigenvalue weighted by atomic mass is 10.0. The molecular weight excluding hydrogens is 254 g/mol. The Labute approximate surface area is 120 Å². The minimum Gasteiger partial charge on any atom is -0.368 e. The first-order valence-electron chi connectivity index (χ1n) is 6.80. The molecule has 20 heavy (non-hydrogen) atoms. The Hall–Kier alpha value is -1.85. The lowest BCUT2D eigenvalue weighted by Gasteiger charge is -2.21. The zero-order valence-electron chi connectivity index (χ0n) is 13.2. The van der Waals surface area contributed by atoms with Crippen molar-refractivity contribution in [2.45, 2.75) is 40.2 Å². The number of rotatable bonds is 6. The number of primary amides is 1. The van der Waals surface area contributed by atoms with Crippen LogP contribution in [0, 0.1) is 19.8 Å². The van der Waals surface area contributed by atoms with Crippen LogP contribution in [0.5, 0.6) is 0 Å². The number of nitrogens with two attached hydrogens (primary N) is 1. The molecule has 1 heterocycles. The topological polar surface area (TPSA) is 84.1 Å². The number of aryl methyl sites for hydroxylation is 1. The van der Waals surface area contributed by atoms with Crippen LogP contribution >= 0.6 is 0 Å². The summed E-state index contributed by atoms with van der Waals surface area (Å²) in [5.41, 5.74) is 7.29. The van der Waals surface area contributed by atoms with Gasteiger partial charge >= 0.3 is 0 Å². The minimum atomic E-state index is -0.419. The fourth-order valence-electron chi connectivity index (χ4n) is 1.84. The molecule has 1 rings (SSSR count). The molecule has 0 radical (unpaired) electrons. The molecule has 1 aromatic heterocycles. The van der Waals surface area contributed by atoms with Gasteiger partial charge in [-0.25, -0.2) is 4.98 Å². The number of amides is 1. The molecule has 1 amide bonds. The molecule has 0 aliphatic rings. The van der Waals surface area contributed by atoms with E-state index in [1.54, 1.807) is 0 Å². The molecule has 3 N–H and O–H groups in total. The summed E-state index contributed by atoms with van der Waals surface area (Å²) in [4.78, 5) is 22.3. The van der Waals surface area contributed by atoms with Crippen molar-refractivity contribution >= 4 is 17.7 Å². The number of anilines is 2. The molecular formula is C14H25N5O. The highest BCUT2D eigenvalue weighted by molar-refractivity contribution is 5.83. The number of carbonyl (C=O) groups is 1. The van der Waals surface area contributed by atoms with Gasteiger partial charge in [-0.3, -0.25) is 4.79 Å². The van der Waals surface area contributed by atoms with Gasteiger partial charge in [-0.15, -0.1) is 0 Å². The van der Waals surface area contributed by atoms with Crippen molar-refractivity contribution in [2.75, 3.05) is 24.3 Å². The molecule has 6 heteroatoms. The number of nitrogens with one attached hydrogen (secondary N) is 1. The second-order valence-corrected chi connectivity index (χ2v) is 5.71. The number of nitrogens with zero attached hydrogens (tertiary/aromatic N) is 3. The zero-order chi connectivity index (χ0) is 15.4. The number of hydrogen-bond acceptors (Lipinski definition) is 5. The predicted molar refractivity (Wildman–Crippen MR) is 81.9 cm³/mol. The Balaban J connectivity index is 3.08. The van der Waals surface area contributed by atoms with E-state index in [0.29, 0.717) is 24.1 Å². The third-order valence-electron chi connectivity index (χ3n) is 3.14. The quantitative estimate of drug-likeness (QED) is 0.824. The molecule has 0 aliphatic carbocycles. The largest absolute Gasteiger partial charge is 0.368 e. The maximum absolute atomic E-state index is 11.6. The van der Waals surface area contributed by atoms with E-state index in [0.717, 1.165) is 11.3 Å². The van der Waals surface area contributed by atoms with Gasteiger partial charge in [-0.1, -0.05) is 13.8 Å². The van der Waals surface area contributed by atoms with Crippen molar-refractivity contribution < 1.29 is 4.79 Å². The molecule has 1 aromatic rings. The van der Waals surface area contributed by atoms with Crippen LogP contribution in [0.3, 0.4) is 0 Å². The molecule has 0 aliphatic heterocycles. The second kappa shape index (κ2) is 6.54. The molecule has 0 saturated carbocycles. The summed E-state index contributed by atoms with van der Waals surface area (Å²) in [6.07, 6.45) is 0.676. The van der Waals surface area contributed by atoms with Crippen LogP contribution < -0.4 is 16.0 Å². The van der Waals surface area contributed by atoms with Gasteiger partial charge in [0.25, 0.3) is 0 Å². The van der Waals surface area contributed by atoms with Crippen LogP contribution in [0.15, 0.2) is 0 Å². The summed E-state index contributed by atoms with van der Waals surface area (Å²) >= 11 is 0. The Morgan fingerprint density at radius 3 is 2.35 bits per heavy atom. The van der Waals surface area contributed by atoms with Crippen LogP contribution in [-0.2, 0) is 4.79 Å². The predicted octanol–water partition coefficient (Wildman–Crippen LogP) is 1.47. The molecule has 1 atom stereocenters. The average Bonchev–Trinajstić information content (AvgIpc) is 2.32. The fraction of sp³-hybridized carbons (Fsp3) is 0.643. The molecule has 0 bridgehead atoms. The van der Waals surface area contributed by atoms with Crippen molar-refractivity contribution in [3.05, 3.63) is 11.3 Å². The first kappa shape index (κ1) is 16.2. The SMILES string of the molecule is Cc1nc(N(C)C)nc(N[C@@H](CC(C)C)C(N)=O)c1C. The van der Waals surface area contributed by atoms with Crippen molar-refractivity contribution in [2.24, 2.45) is 11.7 Å². The summed E-state index contributed by atoms with van der Waals surface area (Å²) in [6, 6.07) is -0.419. The van der Waals surface area contributed by atoms with Gasteiger partial charge in [0.05, 0.1) is 0 Å². The van der Waals surface area contributed by atoms with E-state index in [4.69, 9.17) is 5.73 Å². The van der Waals surface area contributed by atoms with Crippen molar-refractivity contribution in [3.63, 3.8) is 0 Å². The lowest BCUT2D eigenvalue weighted by Crippen LogP contribution is -2.37. The van der Waals surface area contributed by atoms with Crippen molar-refractivity contribution in [1.82, 2.24) is 9.97 Å². The minimum absolute atomic E-state index is 0.360. The maximum Gasteiger partial charge on any atom is 0.239 e. The van der Waals surface area contributed by atoms with Crippen molar-refractivity contribution in [1.29, 1.82) is 0 Å². The maximum atomic E-state index is 11.6. The first-order chi connectivity index (χ1) is 9.22. The Bertz CT molecular complexity index is 485. The smallest absolute Gasteiger partial charge is 0.239 e.